The van der Waals surface area contributed by atoms with Crippen LogP contribution in [-0.4, -0.2) is 25.5 Å². The average molecular weight is 207 g/mol. The highest BCUT2D eigenvalue weighted by Crippen LogP contribution is 2.32. The minimum Gasteiger partial charge on any atom is -0.454 e. The SMILES string of the molecule is O=CNCC(=O)c1ccc2c(c1)OCO2. The molecule has 1 aliphatic heterocycles. The minimum atomic E-state index is -0.166. The molecular weight excluding hydrogens is 198 g/mol. The lowest BCUT2D eigenvalue weighted by atomic mass is 10.1. The maximum atomic E-state index is 11.5. The molecule has 0 atom stereocenters. The van der Waals surface area contributed by atoms with Crippen LogP contribution in [0, 0.1) is 0 Å². The number of hydrogen-bond donors (Lipinski definition) is 1. The van der Waals surface area contributed by atoms with Gasteiger partial charge in [0.15, 0.2) is 17.3 Å². The van der Waals surface area contributed by atoms with Crippen molar-refractivity contribution in [1.82, 2.24) is 5.32 Å². The molecule has 0 aliphatic carbocycles. The van der Waals surface area contributed by atoms with Crippen LogP contribution in [0.25, 0.3) is 0 Å². The molecule has 1 aromatic rings. The molecule has 5 nitrogen and oxygen atoms in total. The fourth-order valence-corrected chi connectivity index (χ4v) is 1.31. The van der Waals surface area contributed by atoms with Crippen LogP contribution >= 0.6 is 0 Å². The van der Waals surface area contributed by atoms with Crippen molar-refractivity contribution < 1.29 is 19.1 Å². The van der Waals surface area contributed by atoms with Crippen molar-refractivity contribution in [2.24, 2.45) is 0 Å². The Kier molecular flexibility index (Phi) is 2.53. The quantitative estimate of drug-likeness (QED) is 0.571. The molecule has 0 spiro atoms. The number of amides is 1. The summed E-state index contributed by atoms with van der Waals surface area (Å²) in [5.74, 6) is 1.03. The molecule has 0 fully saturated rings. The van der Waals surface area contributed by atoms with Crippen LogP contribution in [0.5, 0.6) is 11.5 Å². The Morgan fingerprint density at radius 1 is 1.40 bits per heavy atom. The zero-order valence-corrected chi connectivity index (χ0v) is 7.86. The van der Waals surface area contributed by atoms with E-state index in [1.165, 1.54) is 0 Å². The lowest BCUT2D eigenvalue weighted by Gasteiger charge is -2.01. The van der Waals surface area contributed by atoms with Gasteiger partial charge in [0.2, 0.25) is 13.2 Å². The first kappa shape index (κ1) is 9.51. The molecule has 1 aromatic carbocycles. The molecule has 0 aromatic heterocycles. The van der Waals surface area contributed by atoms with Gasteiger partial charge in [-0.2, -0.15) is 0 Å². The third-order valence-corrected chi connectivity index (χ3v) is 2.04. The summed E-state index contributed by atoms with van der Waals surface area (Å²) in [6.07, 6.45) is 0.491. The number of fused-ring (bicyclic) bond motifs is 1. The Morgan fingerprint density at radius 2 is 2.20 bits per heavy atom. The molecule has 1 N–H and O–H groups in total. The predicted molar refractivity (Wildman–Crippen MR) is 51.0 cm³/mol. The van der Waals surface area contributed by atoms with E-state index in [-0.39, 0.29) is 19.1 Å². The lowest BCUT2D eigenvalue weighted by Crippen LogP contribution is -2.21. The zero-order chi connectivity index (χ0) is 10.7. The van der Waals surface area contributed by atoms with Crippen LogP contribution in [0.15, 0.2) is 18.2 Å². The Bertz CT molecular complexity index is 402. The van der Waals surface area contributed by atoms with E-state index in [0.29, 0.717) is 23.5 Å². The van der Waals surface area contributed by atoms with Gasteiger partial charge >= 0.3 is 0 Å². The van der Waals surface area contributed by atoms with Crippen molar-refractivity contribution in [2.75, 3.05) is 13.3 Å². The Labute approximate surface area is 86.0 Å². The summed E-state index contributed by atoms with van der Waals surface area (Å²) >= 11 is 0. The fourth-order valence-electron chi connectivity index (χ4n) is 1.31. The monoisotopic (exact) mass is 207 g/mol. The second-order valence-corrected chi connectivity index (χ2v) is 2.99. The highest BCUT2D eigenvalue weighted by molar-refractivity contribution is 5.98. The van der Waals surface area contributed by atoms with E-state index in [1.54, 1.807) is 18.2 Å². The molecule has 1 aliphatic rings. The first-order chi connectivity index (χ1) is 7.31. The summed E-state index contributed by atoms with van der Waals surface area (Å²) in [6, 6.07) is 4.93. The zero-order valence-electron chi connectivity index (χ0n) is 7.86. The third kappa shape index (κ3) is 1.90. The maximum absolute atomic E-state index is 11.5. The van der Waals surface area contributed by atoms with Crippen LogP contribution in [-0.2, 0) is 4.79 Å². The summed E-state index contributed by atoms with van der Waals surface area (Å²) in [4.78, 5) is 21.5. The number of hydrogen-bond acceptors (Lipinski definition) is 4. The van der Waals surface area contributed by atoms with Crippen molar-refractivity contribution in [3.8, 4) is 11.5 Å². The summed E-state index contributed by atoms with van der Waals surface area (Å²) in [5.41, 5.74) is 0.494. The first-order valence-electron chi connectivity index (χ1n) is 4.41. The Morgan fingerprint density at radius 3 is 3.00 bits per heavy atom. The number of nitrogens with one attached hydrogen (secondary N) is 1. The fraction of sp³-hybridized carbons (Fsp3) is 0.200. The number of carbonyl (C=O) groups is 2. The van der Waals surface area contributed by atoms with Gasteiger partial charge in [-0.1, -0.05) is 0 Å². The van der Waals surface area contributed by atoms with E-state index in [4.69, 9.17) is 9.47 Å². The Balaban J connectivity index is 2.15. The topological polar surface area (TPSA) is 64.6 Å². The first-order valence-corrected chi connectivity index (χ1v) is 4.41. The van der Waals surface area contributed by atoms with Crippen molar-refractivity contribution in [1.29, 1.82) is 0 Å². The van der Waals surface area contributed by atoms with E-state index >= 15 is 0 Å². The van der Waals surface area contributed by atoms with Gasteiger partial charge < -0.3 is 14.8 Å². The second-order valence-electron chi connectivity index (χ2n) is 2.99. The summed E-state index contributed by atoms with van der Waals surface area (Å²) in [5, 5.41) is 2.31. The standard InChI is InChI=1S/C10H9NO4/c12-5-11-4-8(13)7-1-2-9-10(3-7)15-6-14-9/h1-3,5H,4,6H2,(H,11,12). The maximum Gasteiger partial charge on any atom is 0.231 e. The van der Waals surface area contributed by atoms with Gasteiger partial charge in [0.25, 0.3) is 0 Å². The number of carbonyl (C=O) groups excluding carboxylic acids is 2. The van der Waals surface area contributed by atoms with Crippen LogP contribution in [0.1, 0.15) is 10.4 Å². The van der Waals surface area contributed by atoms with E-state index in [0.717, 1.165) is 0 Å². The minimum absolute atomic E-state index is 0.0108. The molecule has 5 heteroatoms. The van der Waals surface area contributed by atoms with Crippen molar-refractivity contribution in [3.63, 3.8) is 0 Å². The molecule has 15 heavy (non-hydrogen) atoms. The molecule has 0 saturated heterocycles. The highest BCUT2D eigenvalue weighted by Gasteiger charge is 2.15. The van der Waals surface area contributed by atoms with Gasteiger partial charge in [0, 0.05) is 5.56 Å². The number of rotatable bonds is 4. The van der Waals surface area contributed by atoms with Crippen LogP contribution in [0.3, 0.4) is 0 Å². The van der Waals surface area contributed by atoms with Crippen molar-refractivity contribution >= 4 is 12.2 Å². The smallest absolute Gasteiger partial charge is 0.231 e. The normalized spacial score (nSPS) is 12.3. The van der Waals surface area contributed by atoms with E-state index in [2.05, 4.69) is 5.32 Å². The van der Waals surface area contributed by atoms with Gasteiger partial charge in [-0.05, 0) is 18.2 Å². The van der Waals surface area contributed by atoms with Gasteiger partial charge in [0.1, 0.15) is 0 Å². The largest absolute Gasteiger partial charge is 0.454 e. The molecular formula is C10H9NO4. The number of ether oxygens (including phenoxy) is 2. The molecule has 78 valence electrons. The molecule has 0 unspecified atom stereocenters. The molecule has 1 heterocycles. The number of ketones is 1. The molecule has 1 amide bonds. The number of Topliss-reactive ketones (excluding diaryl/α,β-unsaturated/α-hetero) is 1. The molecule has 0 radical (unpaired) electrons. The third-order valence-electron chi connectivity index (χ3n) is 2.04. The van der Waals surface area contributed by atoms with Crippen molar-refractivity contribution in [2.45, 2.75) is 0 Å². The highest BCUT2D eigenvalue weighted by atomic mass is 16.7. The number of benzene rings is 1. The lowest BCUT2D eigenvalue weighted by molar-refractivity contribution is -0.109. The molecule has 0 saturated carbocycles. The summed E-state index contributed by atoms with van der Waals surface area (Å²) in [7, 11) is 0. The summed E-state index contributed by atoms with van der Waals surface area (Å²) < 4.78 is 10.2. The van der Waals surface area contributed by atoms with Gasteiger partial charge in [0.05, 0.1) is 6.54 Å². The Hall–Kier alpha value is -2.04. The molecule has 0 bridgehead atoms. The van der Waals surface area contributed by atoms with Crippen LogP contribution in [0.4, 0.5) is 0 Å². The van der Waals surface area contributed by atoms with Gasteiger partial charge in [-0.15, -0.1) is 0 Å². The van der Waals surface area contributed by atoms with E-state index in [9.17, 15) is 9.59 Å². The van der Waals surface area contributed by atoms with Crippen LogP contribution < -0.4 is 14.8 Å². The summed E-state index contributed by atoms with van der Waals surface area (Å²) in [6.45, 7) is 0.169. The van der Waals surface area contributed by atoms with Gasteiger partial charge in [-0.25, -0.2) is 0 Å². The average Bonchev–Trinajstić information content (AvgIpc) is 2.72. The van der Waals surface area contributed by atoms with Gasteiger partial charge in [-0.3, -0.25) is 9.59 Å². The second kappa shape index (κ2) is 4.00. The van der Waals surface area contributed by atoms with Crippen molar-refractivity contribution in [3.05, 3.63) is 23.8 Å². The predicted octanol–water partition coefficient (Wildman–Crippen LogP) is 0.344. The molecule has 2 rings (SSSR count). The van der Waals surface area contributed by atoms with E-state index in [1.807, 2.05) is 0 Å². The van der Waals surface area contributed by atoms with Crippen LogP contribution in [0.2, 0.25) is 0 Å². The van der Waals surface area contributed by atoms with E-state index < -0.39 is 0 Å².